The maximum absolute atomic E-state index is 8.64. The van der Waals surface area contributed by atoms with Crippen LogP contribution in [0.5, 0.6) is 0 Å². The minimum Gasteiger partial charge on any atom is 1.00 e. The Balaban J connectivity index is -0.000000125. The molecule has 0 heterocycles. The summed E-state index contributed by atoms with van der Waals surface area (Å²) in [4.78, 5) is 0. The van der Waals surface area contributed by atoms with Crippen molar-refractivity contribution in [2.24, 2.45) is 0 Å². The van der Waals surface area contributed by atoms with Crippen LogP contribution in [0, 0.1) is 0 Å². The molecule has 5 nitrogen and oxygen atoms in total. The van der Waals surface area contributed by atoms with Crippen molar-refractivity contribution in [2.45, 2.75) is 0 Å². The van der Waals surface area contributed by atoms with Gasteiger partial charge in [0.1, 0.15) is 0 Å². The Labute approximate surface area is 86.1 Å². The predicted molar refractivity (Wildman–Crippen MR) is 13.6 cm³/mol. The summed E-state index contributed by atoms with van der Waals surface area (Å²) >= 11 is -7.72. The Morgan fingerprint density at radius 1 is 0.875 bits per heavy atom. The van der Waals surface area contributed by atoms with Crippen LogP contribution in [-0.4, -0.2) is 54.6 Å². The molecule has 0 aliphatic carbocycles. The molecule has 0 atom stereocenters. The number of rotatable bonds is 0. The van der Waals surface area contributed by atoms with Gasteiger partial charge in [0.15, 0.2) is 0 Å². The van der Waals surface area contributed by atoms with Crippen LogP contribution in [0.3, 0.4) is 0 Å². The molecule has 0 aliphatic rings. The Morgan fingerprint density at radius 3 is 0.875 bits per heavy atom. The van der Waals surface area contributed by atoms with E-state index in [1.165, 1.54) is 0 Å². The van der Waals surface area contributed by atoms with Crippen molar-refractivity contribution < 1.29 is 32.8 Å². The number of hydrogen-bond acceptors (Lipinski definition) is 5. The zero-order chi connectivity index (χ0) is 5.45. The molecule has 0 bridgehead atoms. The molecular formula is O5RuTl2. The van der Waals surface area contributed by atoms with E-state index in [0.29, 0.717) is 0 Å². The maximum Gasteiger partial charge on any atom is 1.00 e. The fourth-order valence-corrected chi connectivity index (χ4v) is 0. The number of hydrogen-bond donors (Lipinski definition) is 0. The van der Waals surface area contributed by atoms with E-state index in [0.717, 1.165) is 0 Å². The van der Waals surface area contributed by atoms with Crippen molar-refractivity contribution in [3.8, 4) is 0 Å². The summed E-state index contributed by atoms with van der Waals surface area (Å²) in [6, 6.07) is 0. The van der Waals surface area contributed by atoms with Crippen LogP contribution >= 0.6 is 0 Å². The van der Waals surface area contributed by atoms with Crippen LogP contribution in [-0.2, 0) is 24.9 Å². The first-order valence-corrected chi connectivity index (χ1v) is 4.27. The van der Waals surface area contributed by atoms with Crippen LogP contribution in [0.1, 0.15) is 0 Å². The zero-order valence-electron chi connectivity index (χ0n) is 3.55. The minimum absolute atomic E-state index is 0. The molecule has 0 spiro atoms. The molecule has 44 valence electrons. The van der Waals surface area contributed by atoms with Gasteiger partial charge in [0.25, 0.3) is 0 Å². The summed E-state index contributed by atoms with van der Waals surface area (Å²) in [6.45, 7) is 0. The van der Waals surface area contributed by atoms with E-state index >= 15 is 0 Å². The summed E-state index contributed by atoms with van der Waals surface area (Å²) in [5, 5.41) is 0. The van der Waals surface area contributed by atoms with Crippen molar-refractivity contribution in [3.05, 3.63) is 0 Å². The van der Waals surface area contributed by atoms with E-state index in [2.05, 4.69) is 0 Å². The largest absolute Gasteiger partial charge is 1.00 e. The summed E-state index contributed by atoms with van der Waals surface area (Å²) in [7, 11) is 0. The molecule has 8 heteroatoms. The molecule has 0 rings (SSSR count). The molecule has 0 amide bonds. The Kier molecular flexibility index (Phi) is 7.87. The quantitative estimate of drug-likeness (QED) is 0.273. The van der Waals surface area contributed by atoms with Gasteiger partial charge in [0.05, 0.1) is 0 Å². The molecule has 0 aromatic rings. The zero-order valence-corrected chi connectivity index (χ0v) is 14.3. The van der Waals surface area contributed by atoms with Gasteiger partial charge in [-0.3, -0.25) is 0 Å². The second-order valence-electron chi connectivity index (χ2n) is 0.589. The van der Waals surface area contributed by atoms with Crippen molar-refractivity contribution in [1.82, 2.24) is 0 Å². The fraction of sp³-hybridized carbons (Fsp3) is 0. The average Bonchev–Trinajstić information content (AvgIpc) is 0.650. The monoisotopic (exact) mass is 592 g/mol. The molecule has 8 heavy (non-hydrogen) atoms. The fourth-order valence-electron chi connectivity index (χ4n) is 0. The molecule has 0 unspecified atom stereocenters. The second-order valence-corrected chi connectivity index (χ2v) is 3.49. The van der Waals surface area contributed by atoms with Crippen LogP contribution < -0.4 is 7.87 Å². The SMILES string of the molecule is [O]=[Ru](=[O])(=[O])([O-])[O-].[Tl+].[Tl+]. The van der Waals surface area contributed by atoms with Crippen LogP contribution in [0.4, 0.5) is 0 Å². The van der Waals surface area contributed by atoms with Gasteiger partial charge in [-0.25, -0.2) is 0 Å². The van der Waals surface area contributed by atoms with Crippen molar-refractivity contribution >= 4 is 54.6 Å². The smallest absolute Gasteiger partial charge is 1.00 e. The van der Waals surface area contributed by atoms with Gasteiger partial charge in [-0.05, 0) is 0 Å². The summed E-state index contributed by atoms with van der Waals surface area (Å²) < 4.78 is 43.2. The third-order valence-corrected chi connectivity index (χ3v) is 0. The van der Waals surface area contributed by atoms with Gasteiger partial charge in [0.2, 0.25) is 0 Å². The maximum atomic E-state index is 8.64. The average molecular weight is 590 g/mol. The van der Waals surface area contributed by atoms with Gasteiger partial charge in [-0.1, -0.05) is 0 Å². The first kappa shape index (κ1) is 16.4. The van der Waals surface area contributed by atoms with Gasteiger partial charge < -0.3 is 0 Å². The molecule has 0 saturated carbocycles. The Morgan fingerprint density at radius 2 is 0.875 bits per heavy atom. The molecule has 0 N–H and O–H groups in total. The van der Waals surface area contributed by atoms with Crippen LogP contribution in [0.15, 0.2) is 0 Å². The summed E-state index contributed by atoms with van der Waals surface area (Å²) in [6.07, 6.45) is 0. The van der Waals surface area contributed by atoms with Crippen molar-refractivity contribution in [3.63, 3.8) is 0 Å². The second kappa shape index (κ2) is 3.84. The first-order chi connectivity index (χ1) is 2.24. The topological polar surface area (TPSA) is 97.3 Å². The van der Waals surface area contributed by atoms with Gasteiger partial charge >= 0.3 is 87.4 Å². The Bertz CT molecular complexity index is 189. The summed E-state index contributed by atoms with van der Waals surface area (Å²) in [5.41, 5.74) is 0. The predicted octanol–water partition coefficient (Wildman–Crippen LogP) is -3.50. The minimum atomic E-state index is -7.72. The van der Waals surface area contributed by atoms with E-state index < -0.39 is 14.2 Å². The van der Waals surface area contributed by atoms with Crippen molar-refractivity contribution in [1.29, 1.82) is 0 Å². The van der Waals surface area contributed by atoms with E-state index in [9.17, 15) is 0 Å². The van der Waals surface area contributed by atoms with E-state index in [-0.39, 0.29) is 54.6 Å². The molecule has 0 saturated heterocycles. The molecule has 0 fully saturated rings. The Hall–Kier alpha value is 1.79. The molecule has 0 aromatic heterocycles. The van der Waals surface area contributed by atoms with Gasteiger partial charge in [-0.2, -0.15) is 0 Å². The molecular weight excluding hydrogens is 590 g/mol. The van der Waals surface area contributed by atoms with E-state index in [1.807, 2.05) is 0 Å². The third kappa shape index (κ3) is 112. The normalized spacial score (nSPS) is 14.0. The third-order valence-electron chi connectivity index (χ3n) is 0. The van der Waals surface area contributed by atoms with Crippen LogP contribution in [0.25, 0.3) is 0 Å². The summed E-state index contributed by atoms with van der Waals surface area (Å²) in [5.74, 6) is 0. The standard InChI is InChI=1S/5O.Ru.2Tl/q;;;2*-1;;2*+1. The van der Waals surface area contributed by atoms with E-state index in [1.54, 1.807) is 0 Å². The van der Waals surface area contributed by atoms with E-state index in [4.69, 9.17) is 18.6 Å². The first-order valence-electron chi connectivity index (χ1n) is 0.722. The molecule has 0 aliphatic heterocycles. The van der Waals surface area contributed by atoms with Crippen LogP contribution in [0.2, 0.25) is 0 Å². The molecule has 0 aromatic carbocycles. The van der Waals surface area contributed by atoms with Crippen molar-refractivity contribution in [2.75, 3.05) is 0 Å². The van der Waals surface area contributed by atoms with Gasteiger partial charge in [-0.15, -0.1) is 0 Å². The molecule has 0 radical (unpaired) electrons. The van der Waals surface area contributed by atoms with Gasteiger partial charge in [0, 0.05) is 0 Å².